The van der Waals surface area contributed by atoms with Crippen LogP contribution in [0, 0.1) is 18.3 Å². The first-order valence-electron chi connectivity index (χ1n) is 8.07. The van der Waals surface area contributed by atoms with Crippen LogP contribution in [0.2, 0.25) is 0 Å². The Morgan fingerprint density at radius 3 is 2.23 bits per heavy atom. The summed E-state index contributed by atoms with van der Waals surface area (Å²) in [7, 11) is 0. The van der Waals surface area contributed by atoms with Crippen LogP contribution in [0.5, 0.6) is 5.75 Å². The molecule has 3 rings (SSSR count). The van der Waals surface area contributed by atoms with Gasteiger partial charge < -0.3 is 4.74 Å². The van der Waals surface area contributed by atoms with Gasteiger partial charge in [0.2, 0.25) is 0 Å². The standard InChI is InChI=1S/C22H16N2O2/c1-16-2-10-20(11-3-16)24-15-18-4-8-19(9-5-18)22(25)26-21-12-6-17(14-23)7-13-21/h2-13,15H,1H3. The van der Waals surface area contributed by atoms with Crippen molar-refractivity contribution >= 4 is 17.9 Å². The van der Waals surface area contributed by atoms with Gasteiger partial charge in [0, 0.05) is 6.21 Å². The Kier molecular flexibility index (Phi) is 5.21. The highest BCUT2D eigenvalue weighted by atomic mass is 16.5. The molecule has 0 saturated carbocycles. The smallest absolute Gasteiger partial charge is 0.343 e. The Morgan fingerprint density at radius 1 is 0.962 bits per heavy atom. The molecule has 0 N–H and O–H groups in total. The number of nitrogens with zero attached hydrogens (tertiary/aromatic N) is 2. The summed E-state index contributed by atoms with van der Waals surface area (Å²) in [5, 5.41) is 8.77. The zero-order valence-corrected chi connectivity index (χ0v) is 14.2. The van der Waals surface area contributed by atoms with Gasteiger partial charge in [0.05, 0.1) is 22.9 Å². The van der Waals surface area contributed by atoms with Crippen LogP contribution in [0.1, 0.15) is 27.0 Å². The Hall–Kier alpha value is -3.71. The maximum absolute atomic E-state index is 12.2. The maximum atomic E-state index is 12.2. The summed E-state index contributed by atoms with van der Waals surface area (Å²) < 4.78 is 5.30. The number of carbonyl (C=O) groups is 1. The summed E-state index contributed by atoms with van der Waals surface area (Å²) in [6, 6.07) is 23.4. The summed E-state index contributed by atoms with van der Waals surface area (Å²) in [5.74, 6) is -0.0456. The summed E-state index contributed by atoms with van der Waals surface area (Å²) in [6.45, 7) is 2.03. The molecular weight excluding hydrogens is 324 g/mol. The lowest BCUT2D eigenvalue weighted by atomic mass is 10.1. The minimum absolute atomic E-state index is 0.402. The van der Waals surface area contributed by atoms with Crippen LogP contribution < -0.4 is 4.74 Å². The number of hydrogen-bond acceptors (Lipinski definition) is 4. The molecule has 4 nitrogen and oxygen atoms in total. The summed E-state index contributed by atoms with van der Waals surface area (Å²) in [4.78, 5) is 16.6. The lowest BCUT2D eigenvalue weighted by Gasteiger charge is -2.04. The SMILES string of the molecule is Cc1ccc(N=Cc2ccc(C(=O)Oc3ccc(C#N)cc3)cc2)cc1. The number of esters is 1. The molecule has 0 bridgehead atoms. The maximum Gasteiger partial charge on any atom is 0.343 e. The molecule has 26 heavy (non-hydrogen) atoms. The summed E-state index contributed by atoms with van der Waals surface area (Å²) in [6.07, 6.45) is 1.75. The highest BCUT2D eigenvalue weighted by Gasteiger charge is 2.08. The van der Waals surface area contributed by atoms with E-state index in [1.54, 1.807) is 42.6 Å². The van der Waals surface area contributed by atoms with E-state index < -0.39 is 5.97 Å². The largest absolute Gasteiger partial charge is 0.423 e. The minimum atomic E-state index is -0.447. The molecule has 4 heteroatoms. The third-order valence-corrected chi connectivity index (χ3v) is 3.74. The van der Waals surface area contributed by atoms with Crippen LogP contribution in [0.4, 0.5) is 5.69 Å². The molecule has 0 atom stereocenters. The number of carbonyl (C=O) groups excluding carboxylic acids is 1. The lowest BCUT2D eigenvalue weighted by Crippen LogP contribution is -2.08. The van der Waals surface area contributed by atoms with Crippen molar-refractivity contribution in [1.29, 1.82) is 5.26 Å². The van der Waals surface area contributed by atoms with Gasteiger partial charge in [0.15, 0.2) is 0 Å². The number of aliphatic imine (C=N–C) groups is 1. The fraction of sp³-hybridized carbons (Fsp3) is 0.0455. The monoisotopic (exact) mass is 340 g/mol. The topological polar surface area (TPSA) is 62.4 Å². The van der Waals surface area contributed by atoms with Gasteiger partial charge in [-0.05, 0) is 61.0 Å². The van der Waals surface area contributed by atoms with Gasteiger partial charge >= 0.3 is 5.97 Å². The molecular formula is C22H16N2O2. The predicted molar refractivity (Wildman–Crippen MR) is 101 cm³/mol. The van der Waals surface area contributed by atoms with Gasteiger partial charge in [-0.2, -0.15) is 5.26 Å². The number of ether oxygens (including phenoxy) is 1. The fourth-order valence-electron chi connectivity index (χ4n) is 2.25. The van der Waals surface area contributed by atoms with Crippen molar-refractivity contribution in [1.82, 2.24) is 0 Å². The Morgan fingerprint density at radius 2 is 1.62 bits per heavy atom. The molecule has 0 saturated heterocycles. The average molecular weight is 340 g/mol. The lowest BCUT2D eigenvalue weighted by molar-refractivity contribution is 0.0735. The Bertz CT molecular complexity index is 965. The van der Waals surface area contributed by atoms with Gasteiger partial charge in [-0.3, -0.25) is 4.99 Å². The van der Waals surface area contributed by atoms with Crippen molar-refractivity contribution < 1.29 is 9.53 Å². The molecule has 3 aromatic carbocycles. The molecule has 0 fully saturated rings. The second kappa shape index (κ2) is 7.91. The van der Waals surface area contributed by atoms with Crippen molar-refractivity contribution in [2.24, 2.45) is 4.99 Å². The van der Waals surface area contributed by atoms with Gasteiger partial charge in [0.1, 0.15) is 5.75 Å². The molecule has 0 spiro atoms. The molecule has 0 heterocycles. The van der Waals surface area contributed by atoms with E-state index in [9.17, 15) is 4.79 Å². The van der Waals surface area contributed by atoms with E-state index in [1.165, 1.54) is 5.56 Å². The van der Waals surface area contributed by atoms with Crippen molar-refractivity contribution in [3.8, 4) is 11.8 Å². The van der Waals surface area contributed by atoms with Gasteiger partial charge in [-0.25, -0.2) is 4.79 Å². The number of benzene rings is 3. The third kappa shape index (κ3) is 4.43. The van der Waals surface area contributed by atoms with Crippen LogP contribution in [0.3, 0.4) is 0 Å². The van der Waals surface area contributed by atoms with E-state index in [0.717, 1.165) is 11.3 Å². The van der Waals surface area contributed by atoms with Crippen LogP contribution in [-0.2, 0) is 0 Å². The molecule has 0 aliphatic rings. The first-order chi connectivity index (χ1) is 12.6. The molecule has 0 amide bonds. The summed E-state index contributed by atoms with van der Waals surface area (Å²) in [5.41, 5.74) is 3.92. The third-order valence-electron chi connectivity index (χ3n) is 3.74. The molecule has 3 aromatic rings. The van der Waals surface area contributed by atoms with E-state index in [2.05, 4.69) is 4.99 Å². The van der Waals surface area contributed by atoms with Gasteiger partial charge in [-0.15, -0.1) is 0 Å². The van der Waals surface area contributed by atoms with Crippen LogP contribution >= 0.6 is 0 Å². The number of nitriles is 1. The highest BCUT2D eigenvalue weighted by molar-refractivity contribution is 5.92. The fourth-order valence-corrected chi connectivity index (χ4v) is 2.25. The molecule has 0 aliphatic heterocycles. The molecule has 0 unspecified atom stereocenters. The van der Waals surface area contributed by atoms with E-state index >= 15 is 0 Å². The number of aryl methyl sites for hydroxylation is 1. The van der Waals surface area contributed by atoms with Crippen molar-refractivity contribution in [3.05, 3.63) is 95.1 Å². The van der Waals surface area contributed by atoms with E-state index in [1.807, 2.05) is 49.4 Å². The Labute approximate surface area is 152 Å². The number of hydrogen-bond donors (Lipinski definition) is 0. The zero-order chi connectivity index (χ0) is 18.4. The minimum Gasteiger partial charge on any atom is -0.423 e. The van der Waals surface area contributed by atoms with Gasteiger partial charge in [-0.1, -0.05) is 29.8 Å². The highest BCUT2D eigenvalue weighted by Crippen LogP contribution is 2.15. The summed E-state index contributed by atoms with van der Waals surface area (Å²) >= 11 is 0. The Balaban J connectivity index is 1.65. The second-order valence-electron chi connectivity index (χ2n) is 5.74. The first kappa shape index (κ1) is 17.1. The van der Waals surface area contributed by atoms with Crippen LogP contribution in [0.15, 0.2) is 77.8 Å². The van der Waals surface area contributed by atoms with E-state index in [0.29, 0.717) is 16.9 Å². The van der Waals surface area contributed by atoms with E-state index in [-0.39, 0.29) is 0 Å². The molecule has 0 aromatic heterocycles. The predicted octanol–water partition coefficient (Wildman–Crippen LogP) is 4.84. The normalized spacial score (nSPS) is 10.5. The van der Waals surface area contributed by atoms with Crippen molar-refractivity contribution in [2.45, 2.75) is 6.92 Å². The van der Waals surface area contributed by atoms with Crippen LogP contribution in [-0.4, -0.2) is 12.2 Å². The average Bonchev–Trinajstić information content (AvgIpc) is 2.68. The molecule has 0 radical (unpaired) electrons. The van der Waals surface area contributed by atoms with Gasteiger partial charge in [0.25, 0.3) is 0 Å². The van der Waals surface area contributed by atoms with Crippen molar-refractivity contribution in [2.75, 3.05) is 0 Å². The molecule has 126 valence electrons. The quantitative estimate of drug-likeness (QED) is 0.388. The van der Waals surface area contributed by atoms with E-state index in [4.69, 9.17) is 10.00 Å². The molecule has 0 aliphatic carbocycles. The zero-order valence-electron chi connectivity index (χ0n) is 14.2. The van der Waals surface area contributed by atoms with Crippen molar-refractivity contribution in [3.63, 3.8) is 0 Å². The second-order valence-corrected chi connectivity index (χ2v) is 5.74. The number of rotatable bonds is 4. The van der Waals surface area contributed by atoms with Crippen LogP contribution in [0.25, 0.3) is 0 Å². The first-order valence-corrected chi connectivity index (χ1v) is 8.07.